The van der Waals surface area contributed by atoms with E-state index in [1.54, 1.807) is 0 Å². The Morgan fingerprint density at radius 3 is 3.17 bits per heavy atom. The lowest BCUT2D eigenvalue weighted by Crippen LogP contribution is -2.23. The largest absolute Gasteiger partial charge is 0.491 e. The molecule has 0 bridgehead atoms. The molecule has 1 fully saturated rings. The highest BCUT2D eigenvalue weighted by Crippen LogP contribution is 2.28. The molecule has 1 saturated heterocycles. The summed E-state index contributed by atoms with van der Waals surface area (Å²) in [5, 5.41) is 6.39. The quantitative estimate of drug-likeness (QED) is 0.835. The molecule has 0 spiro atoms. The molecule has 4 nitrogen and oxygen atoms in total. The number of hydrogen-bond donors (Lipinski definition) is 2. The van der Waals surface area contributed by atoms with E-state index in [-0.39, 0.29) is 5.91 Å². The fraction of sp³-hybridized carbons (Fsp3) is 0.500. The molecule has 0 saturated carbocycles. The molecule has 0 radical (unpaired) electrons. The number of nitrogens with one attached hydrogen (secondary N) is 2. The van der Waals surface area contributed by atoms with Gasteiger partial charge in [-0.25, -0.2) is 0 Å². The average molecular weight is 246 g/mol. The minimum absolute atomic E-state index is 0.0323. The Labute approximate surface area is 107 Å². The Hall–Kier alpha value is -1.55. The molecule has 1 amide bonds. The van der Waals surface area contributed by atoms with E-state index >= 15 is 0 Å². The number of ether oxygens (including phenoxy) is 1. The fourth-order valence-corrected chi connectivity index (χ4v) is 2.61. The molecule has 2 heterocycles. The van der Waals surface area contributed by atoms with Crippen molar-refractivity contribution in [3.8, 4) is 5.75 Å². The molecular formula is C14H18N2O2. The summed E-state index contributed by atoms with van der Waals surface area (Å²) in [7, 11) is 0. The molecule has 1 aromatic rings. The van der Waals surface area contributed by atoms with Crippen LogP contribution in [0.2, 0.25) is 0 Å². The van der Waals surface area contributed by atoms with Crippen LogP contribution in [0.5, 0.6) is 5.75 Å². The monoisotopic (exact) mass is 246 g/mol. The second kappa shape index (κ2) is 4.98. The zero-order chi connectivity index (χ0) is 12.4. The van der Waals surface area contributed by atoms with Crippen molar-refractivity contribution in [1.82, 2.24) is 5.32 Å². The van der Waals surface area contributed by atoms with Crippen molar-refractivity contribution in [2.24, 2.45) is 0 Å². The standard InChI is InChI=1S/C14H18N2O2/c17-14-5-7-18-13-4-3-10(9-12(13)16-14)8-11-2-1-6-15-11/h3-4,9,11,15H,1-2,5-8H2,(H,16,17). The molecule has 4 heteroatoms. The number of carbonyl (C=O) groups excluding carboxylic acids is 1. The summed E-state index contributed by atoms with van der Waals surface area (Å²) >= 11 is 0. The first kappa shape index (κ1) is 11.5. The molecule has 2 aliphatic rings. The summed E-state index contributed by atoms with van der Waals surface area (Å²) in [5.74, 6) is 0.814. The summed E-state index contributed by atoms with van der Waals surface area (Å²) in [5.41, 5.74) is 2.06. The van der Waals surface area contributed by atoms with E-state index in [4.69, 9.17) is 4.74 Å². The molecule has 18 heavy (non-hydrogen) atoms. The normalized spacial score (nSPS) is 22.9. The minimum Gasteiger partial charge on any atom is -0.491 e. The molecule has 3 rings (SSSR count). The SMILES string of the molecule is O=C1CCOc2ccc(CC3CCCN3)cc2N1. The highest BCUT2D eigenvalue weighted by molar-refractivity contribution is 5.93. The van der Waals surface area contributed by atoms with Crippen LogP contribution < -0.4 is 15.4 Å². The summed E-state index contributed by atoms with van der Waals surface area (Å²) in [6, 6.07) is 6.67. The van der Waals surface area contributed by atoms with Gasteiger partial charge in [0.05, 0.1) is 18.7 Å². The lowest BCUT2D eigenvalue weighted by Gasteiger charge is -2.13. The van der Waals surface area contributed by atoms with Crippen LogP contribution in [-0.4, -0.2) is 25.1 Å². The van der Waals surface area contributed by atoms with E-state index in [9.17, 15) is 4.79 Å². The third-order valence-electron chi connectivity index (χ3n) is 3.55. The summed E-state index contributed by atoms with van der Waals surface area (Å²) in [6.07, 6.45) is 3.94. The van der Waals surface area contributed by atoms with Gasteiger partial charge in [0.1, 0.15) is 5.75 Å². The third-order valence-corrected chi connectivity index (χ3v) is 3.55. The first-order valence-corrected chi connectivity index (χ1v) is 6.60. The fourth-order valence-electron chi connectivity index (χ4n) is 2.61. The molecule has 0 aromatic heterocycles. The molecule has 0 aliphatic carbocycles. The van der Waals surface area contributed by atoms with E-state index < -0.39 is 0 Å². The van der Waals surface area contributed by atoms with Crippen LogP contribution >= 0.6 is 0 Å². The Kier molecular flexibility index (Phi) is 3.19. The first-order chi connectivity index (χ1) is 8.81. The number of fused-ring (bicyclic) bond motifs is 1. The molecule has 1 atom stereocenters. The summed E-state index contributed by atoms with van der Waals surface area (Å²) in [6.45, 7) is 1.58. The van der Waals surface area contributed by atoms with Gasteiger partial charge in [-0.2, -0.15) is 0 Å². The van der Waals surface area contributed by atoms with E-state index in [1.807, 2.05) is 12.1 Å². The predicted octanol–water partition coefficient (Wildman–Crippen LogP) is 1.70. The van der Waals surface area contributed by atoms with Crippen molar-refractivity contribution in [3.63, 3.8) is 0 Å². The Bertz CT molecular complexity index is 453. The maximum atomic E-state index is 11.5. The lowest BCUT2D eigenvalue weighted by atomic mass is 10.0. The molecule has 2 N–H and O–H groups in total. The van der Waals surface area contributed by atoms with Crippen LogP contribution in [0, 0.1) is 0 Å². The van der Waals surface area contributed by atoms with Crippen LogP contribution in [0.3, 0.4) is 0 Å². The minimum atomic E-state index is 0.0323. The maximum Gasteiger partial charge on any atom is 0.227 e. The van der Waals surface area contributed by atoms with Crippen molar-refractivity contribution in [1.29, 1.82) is 0 Å². The van der Waals surface area contributed by atoms with Gasteiger partial charge in [-0.05, 0) is 43.5 Å². The van der Waals surface area contributed by atoms with E-state index in [2.05, 4.69) is 16.7 Å². The smallest absolute Gasteiger partial charge is 0.227 e. The molecule has 1 aromatic carbocycles. The summed E-state index contributed by atoms with van der Waals surface area (Å²) < 4.78 is 5.54. The third kappa shape index (κ3) is 2.48. The van der Waals surface area contributed by atoms with Crippen LogP contribution in [0.25, 0.3) is 0 Å². The van der Waals surface area contributed by atoms with Gasteiger partial charge < -0.3 is 15.4 Å². The highest BCUT2D eigenvalue weighted by Gasteiger charge is 2.17. The van der Waals surface area contributed by atoms with Crippen molar-refractivity contribution in [2.75, 3.05) is 18.5 Å². The van der Waals surface area contributed by atoms with Gasteiger partial charge in [0.2, 0.25) is 5.91 Å². The molecular weight excluding hydrogens is 228 g/mol. The average Bonchev–Trinajstić information content (AvgIpc) is 2.77. The number of amides is 1. The van der Waals surface area contributed by atoms with Crippen LogP contribution in [0.1, 0.15) is 24.8 Å². The lowest BCUT2D eigenvalue weighted by molar-refractivity contribution is -0.116. The number of hydrogen-bond acceptors (Lipinski definition) is 3. The Morgan fingerprint density at radius 1 is 1.39 bits per heavy atom. The Balaban J connectivity index is 1.78. The zero-order valence-corrected chi connectivity index (χ0v) is 10.4. The number of carbonyl (C=O) groups is 1. The van der Waals surface area contributed by atoms with Crippen LogP contribution in [-0.2, 0) is 11.2 Å². The number of benzene rings is 1. The van der Waals surface area contributed by atoms with Crippen molar-refractivity contribution in [2.45, 2.75) is 31.7 Å². The molecule has 2 aliphatic heterocycles. The van der Waals surface area contributed by atoms with E-state index in [1.165, 1.54) is 18.4 Å². The zero-order valence-electron chi connectivity index (χ0n) is 10.4. The Morgan fingerprint density at radius 2 is 2.33 bits per heavy atom. The van der Waals surface area contributed by atoms with Crippen LogP contribution in [0.4, 0.5) is 5.69 Å². The van der Waals surface area contributed by atoms with E-state index in [0.717, 1.165) is 24.4 Å². The van der Waals surface area contributed by atoms with Gasteiger partial charge >= 0.3 is 0 Å². The van der Waals surface area contributed by atoms with Crippen molar-refractivity contribution >= 4 is 11.6 Å². The van der Waals surface area contributed by atoms with E-state index in [0.29, 0.717) is 19.1 Å². The van der Waals surface area contributed by atoms with Gasteiger partial charge in [-0.15, -0.1) is 0 Å². The van der Waals surface area contributed by atoms with Gasteiger partial charge in [-0.3, -0.25) is 4.79 Å². The molecule has 96 valence electrons. The van der Waals surface area contributed by atoms with Gasteiger partial charge in [0.25, 0.3) is 0 Å². The topological polar surface area (TPSA) is 50.4 Å². The van der Waals surface area contributed by atoms with Gasteiger partial charge in [-0.1, -0.05) is 6.07 Å². The highest BCUT2D eigenvalue weighted by atomic mass is 16.5. The molecule has 1 unspecified atom stereocenters. The second-order valence-corrected chi connectivity index (χ2v) is 4.97. The second-order valence-electron chi connectivity index (χ2n) is 4.97. The predicted molar refractivity (Wildman–Crippen MR) is 69.9 cm³/mol. The number of anilines is 1. The van der Waals surface area contributed by atoms with Gasteiger partial charge in [0.15, 0.2) is 0 Å². The maximum absolute atomic E-state index is 11.5. The van der Waals surface area contributed by atoms with Crippen LogP contribution in [0.15, 0.2) is 18.2 Å². The van der Waals surface area contributed by atoms with Gasteiger partial charge in [0, 0.05) is 6.04 Å². The number of rotatable bonds is 2. The van der Waals surface area contributed by atoms with Crippen molar-refractivity contribution < 1.29 is 9.53 Å². The summed E-state index contributed by atoms with van der Waals surface area (Å²) in [4.78, 5) is 11.5. The first-order valence-electron chi connectivity index (χ1n) is 6.60. The van der Waals surface area contributed by atoms with Crippen molar-refractivity contribution in [3.05, 3.63) is 23.8 Å².